The first-order chi connectivity index (χ1) is 16.0. The quantitative estimate of drug-likeness (QED) is 0.501. The first-order valence-electron chi connectivity index (χ1n) is 10.9. The van der Waals surface area contributed by atoms with Gasteiger partial charge >= 0.3 is 0 Å². The normalized spacial score (nSPS) is 12.1. The van der Waals surface area contributed by atoms with Crippen molar-refractivity contribution in [1.29, 1.82) is 0 Å². The number of sulfonamides is 1. The molecule has 0 aromatic heterocycles. The van der Waals surface area contributed by atoms with E-state index in [4.69, 9.17) is 16.3 Å². The number of nitrogens with one attached hydrogen (secondary N) is 1. The molecule has 2 amide bonds. The molecule has 2 rings (SSSR count). The molecule has 34 heavy (non-hydrogen) atoms. The molecular weight excluding hydrogens is 478 g/mol. The molecule has 2 aromatic carbocycles. The number of ether oxygens (including phenoxy) is 1. The lowest BCUT2D eigenvalue weighted by atomic mass is 10.1. The summed E-state index contributed by atoms with van der Waals surface area (Å²) in [5, 5.41) is 3.26. The Labute approximate surface area is 206 Å². The number of amides is 2. The van der Waals surface area contributed by atoms with Crippen molar-refractivity contribution in [2.45, 2.75) is 39.8 Å². The van der Waals surface area contributed by atoms with Crippen molar-refractivity contribution in [3.05, 3.63) is 58.6 Å². The van der Waals surface area contributed by atoms with Crippen LogP contribution in [0.1, 0.15) is 31.4 Å². The van der Waals surface area contributed by atoms with E-state index in [2.05, 4.69) is 5.32 Å². The number of hydrogen-bond acceptors (Lipinski definition) is 5. The van der Waals surface area contributed by atoms with Gasteiger partial charge in [-0.15, -0.1) is 0 Å². The van der Waals surface area contributed by atoms with E-state index >= 15 is 0 Å². The van der Waals surface area contributed by atoms with Crippen molar-refractivity contribution < 1.29 is 22.7 Å². The van der Waals surface area contributed by atoms with Crippen LogP contribution in [0.4, 0.5) is 5.69 Å². The van der Waals surface area contributed by atoms with E-state index in [1.54, 1.807) is 57.4 Å². The second kappa shape index (κ2) is 12.1. The molecule has 0 aliphatic heterocycles. The highest BCUT2D eigenvalue weighted by molar-refractivity contribution is 7.92. The summed E-state index contributed by atoms with van der Waals surface area (Å²) in [6.07, 6.45) is 1.79. The maximum Gasteiger partial charge on any atom is 0.244 e. The van der Waals surface area contributed by atoms with E-state index in [9.17, 15) is 18.0 Å². The van der Waals surface area contributed by atoms with Crippen LogP contribution in [-0.4, -0.2) is 57.6 Å². The number of methoxy groups -OCH3 is 1. The molecule has 10 heteroatoms. The van der Waals surface area contributed by atoms with Crippen molar-refractivity contribution in [2.24, 2.45) is 0 Å². The molecule has 0 spiro atoms. The number of anilines is 1. The Hall–Kier alpha value is -2.78. The summed E-state index contributed by atoms with van der Waals surface area (Å²) in [6.45, 7) is 5.40. The second-order valence-electron chi connectivity index (χ2n) is 8.04. The molecule has 0 saturated carbocycles. The average molecular weight is 510 g/mol. The molecule has 2 aromatic rings. The van der Waals surface area contributed by atoms with E-state index in [1.165, 1.54) is 4.90 Å². The minimum atomic E-state index is -3.80. The minimum absolute atomic E-state index is 0.105. The van der Waals surface area contributed by atoms with Gasteiger partial charge in [0.25, 0.3) is 0 Å². The van der Waals surface area contributed by atoms with Crippen molar-refractivity contribution in [2.75, 3.05) is 30.8 Å². The largest absolute Gasteiger partial charge is 0.497 e. The summed E-state index contributed by atoms with van der Waals surface area (Å²) >= 11 is 6.03. The van der Waals surface area contributed by atoms with Crippen LogP contribution < -0.4 is 14.4 Å². The fourth-order valence-corrected chi connectivity index (χ4v) is 4.57. The Morgan fingerprint density at radius 3 is 2.47 bits per heavy atom. The Balaban J connectivity index is 2.42. The van der Waals surface area contributed by atoms with Crippen molar-refractivity contribution >= 4 is 39.1 Å². The number of carbonyl (C=O) groups is 2. The van der Waals surface area contributed by atoms with E-state index in [-0.39, 0.29) is 12.5 Å². The Bertz CT molecular complexity index is 1120. The van der Waals surface area contributed by atoms with Gasteiger partial charge in [0.15, 0.2) is 0 Å². The molecule has 0 radical (unpaired) electrons. The van der Waals surface area contributed by atoms with E-state index in [0.29, 0.717) is 28.6 Å². The highest BCUT2D eigenvalue weighted by Gasteiger charge is 2.30. The minimum Gasteiger partial charge on any atom is -0.497 e. The number of benzene rings is 2. The van der Waals surface area contributed by atoms with Gasteiger partial charge in [-0.05, 0) is 61.7 Å². The molecule has 0 aliphatic carbocycles. The molecule has 0 fully saturated rings. The van der Waals surface area contributed by atoms with Crippen LogP contribution in [-0.2, 0) is 26.2 Å². The lowest BCUT2D eigenvalue weighted by molar-refractivity contribution is -0.139. The third-order valence-electron chi connectivity index (χ3n) is 5.31. The summed E-state index contributed by atoms with van der Waals surface area (Å²) in [5.41, 5.74) is 1.71. The first-order valence-corrected chi connectivity index (χ1v) is 13.1. The van der Waals surface area contributed by atoms with Crippen molar-refractivity contribution in [3.63, 3.8) is 0 Å². The predicted molar refractivity (Wildman–Crippen MR) is 135 cm³/mol. The molecule has 0 aliphatic rings. The molecule has 8 nitrogen and oxygen atoms in total. The molecule has 0 unspecified atom stereocenters. The molecule has 0 heterocycles. The van der Waals surface area contributed by atoms with Gasteiger partial charge in [-0.25, -0.2) is 8.42 Å². The standard InChI is InChI=1S/C24H32ClN3O5S/c1-6-12-26-24(30)18(3)27(15-19-8-7-9-21(14-19)33-4)23(29)16-28(34(5,31)32)22-11-10-20(25)13-17(22)2/h7-11,13-14,18H,6,12,15-16H2,1-5H3,(H,26,30)/t18-/m0/s1. The summed E-state index contributed by atoms with van der Waals surface area (Å²) in [5.74, 6) is -0.212. The van der Waals surface area contributed by atoms with Gasteiger partial charge in [-0.1, -0.05) is 30.7 Å². The van der Waals surface area contributed by atoms with Crippen molar-refractivity contribution in [3.8, 4) is 5.75 Å². The third kappa shape index (κ3) is 7.36. The number of nitrogens with zero attached hydrogens (tertiary/aromatic N) is 2. The monoisotopic (exact) mass is 509 g/mol. The topological polar surface area (TPSA) is 96.0 Å². The number of hydrogen-bond donors (Lipinski definition) is 1. The van der Waals surface area contributed by atoms with Gasteiger partial charge in [0, 0.05) is 18.1 Å². The van der Waals surface area contributed by atoms with Crippen LogP contribution in [0.3, 0.4) is 0 Å². The third-order valence-corrected chi connectivity index (χ3v) is 6.67. The molecule has 0 saturated heterocycles. The predicted octanol–water partition coefficient (Wildman–Crippen LogP) is 3.37. The highest BCUT2D eigenvalue weighted by Crippen LogP contribution is 2.26. The van der Waals surface area contributed by atoms with Crippen LogP contribution in [0.15, 0.2) is 42.5 Å². The van der Waals surface area contributed by atoms with Gasteiger partial charge in [-0.3, -0.25) is 13.9 Å². The number of halogens is 1. The van der Waals surface area contributed by atoms with Gasteiger partial charge in [-0.2, -0.15) is 0 Å². The molecule has 186 valence electrons. The molecule has 1 atom stereocenters. The van der Waals surface area contributed by atoms with E-state index in [1.807, 2.05) is 13.0 Å². The average Bonchev–Trinajstić information content (AvgIpc) is 2.78. The number of carbonyl (C=O) groups excluding carboxylic acids is 2. The van der Waals surface area contributed by atoms with Gasteiger partial charge in [0.05, 0.1) is 19.1 Å². The lowest BCUT2D eigenvalue weighted by Crippen LogP contribution is -2.51. The maximum absolute atomic E-state index is 13.5. The summed E-state index contributed by atoms with van der Waals surface area (Å²) in [6, 6.07) is 11.1. The Morgan fingerprint density at radius 2 is 1.88 bits per heavy atom. The molecule has 1 N–H and O–H groups in total. The second-order valence-corrected chi connectivity index (χ2v) is 10.4. The highest BCUT2D eigenvalue weighted by atomic mass is 35.5. The van der Waals surface area contributed by atoms with E-state index < -0.39 is 28.5 Å². The van der Waals surface area contributed by atoms with Crippen LogP contribution in [0.5, 0.6) is 5.75 Å². The van der Waals surface area contributed by atoms with Crippen LogP contribution in [0, 0.1) is 6.92 Å². The summed E-state index contributed by atoms with van der Waals surface area (Å²) < 4.78 is 31.6. The van der Waals surface area contributed by atoms with Gasteiger partial charge in [0.2, 0.25) is 21.8 Å². The zero-order valence-corrected chi connectivity index (χ0v) is 21.7. The first kappa shape index (κ1) is 27.5. The van der Waals surface area contributed by atoms with Crippen LogP contribution in [0.25, 0.3) is 0 Å². The Morgan fingerprint density at radius 1 is 1.18 bits per heavy atom. The SMILES string of the molecule is CCCNC(=O)[C@H](C)N(Cc1cccc(OC)c1)C(=O)CN(c1ccc(Cl)cc1C)S(C)(=O)=O. The number of rotatable bonds is 11. The Kier molecular flexibility index (Phi) is 9.76. The summed E-state index contributed by atoms with van der Waals surface area (Å²) in [7, 11) is -2.26. The maximum atomic E-state index is 13.5. The molecular formula is C24H32ClN3O5S. The van der Waals surface area contributed by atoms with Gasteiger partial charge in [0.1, 0.15) is 18.3 Å². The molecule has 0 bridgehead atoms. The zero-order valence-electron chi connectivity index (χ0n) is 20.2. The number of aryl methyl sites for hydroxylation is 1. The van der Waals surface area contributed by atoms with E-state index in [0.717, 1.165) is 22.5 Å². The fraction of sp³-hybridized carbons (Fsp3) is 0.417. The summed E-state index contributed by atoms with van der Waals surface area (Å²) in [4.78, 5) is 27.6. The van der Waals surface area contributed by atoms with Crippen molar-refractivity contribution in [1.82, 2.24) is 10.2 Å². The fourth-order valence-electron chi connectivity index (χ4n) is 3.44. The zero-order chi connectivity index (χ0) is 25.5. The smallest absolute Gasteiger partial charge is 0.244 e. The van der Waals surface area contributed by atoms with Crippen LogP contribution >= 0.6 is 11.6 Å². The lowest BCUT2D eigenvalue weighted by Gasteiger charge is -2.32. The van der Waals surface area contributed by atoms with Gasteiger partial charge < -0.3 is 15.0 Å². The van der Waals surface area contributed by atoms with Crippen LogP contribution in [0.2, 0.25) is 5.02 Å².